The average Bonchev–Trinajstić information content (AvgIpc) is 3.52. The largest absolute Gasteiger partial charge is 0.480 e. The van der Waals surface area contributed by atoms with Crippen LogP contribution in [0.4, 0.5) is 0 Å². The fourth-order valence-electron chi connectivity index (χ4n) is 2.34. The highest BCUT2D eigenvalue weighted by atomic mass is 79.9. The first-order valence-electron chi connectivity index (χ1n) is 10.4. The Morgan fingerprint density at radius 1 is 0.829 bits per heavy atom. The van der Waals surface area contributed by atoms with E-state index in [1.165, 1.54) is 40.7 Å². The zero-order valence-electron chi connectivity index (χ0n) is 21.2. The summed E-state index contributed by atoms with van der Waals surface area (Å²) in [5.41, 5.74) is 1.35. The summed E-state index contributed by atoms with van der Waals surface area (Å²) in [7, 11) is 6.43. The zero-order valence-corrected chi connectivity index (χ0v) is 28.3. The SMILES string of the molecule is CN(C)C=O.COc1nc2cc(C(=O)Cl)sc2cc1Br.COc1nc2cc(C(=O)O)sc2cc1Br.O=C(Cl)C(=O)Cl. The van der Waals surface area contributed by atoms with Gasteiger partial charge in [0, 0.05) is 14.1 Å². The number of pyridine rings is 2. The molecule has 0 radical (unpaired) electrons. The second-order valence-electron chi connectivity index (χ2n) is 7.14. The van der Waals surface area contributed by atoms with Gasteiger partial charge >= 0.3 is 16.5 Å². The van der Waals surface area contributed by atoms with Crippen LogP contribution in [0.3, 0.4) is 0 Å². The van der Waals surface area contributed by atoms with Crippen molar-refractivity contribution < 1.29 is 38.6 Å². The van der Waals surface area contributed by atoms with Crippen LogP contribution in [0.15, 0.2) is 33.2 Å². The topological polar surface area (TPSA) is 153 Å². The molecule has 0 saturated heterocycles. The minimum atomic E-state index is -1.14. The number of nitrogens with zero attached hydrogens (tertiary/aromatic N) is 3. The summed E-state index contributed by atoms with van der Waals surface area (Å²) in [5, 5.41) is 6.07. The molecule has 0 saturated carbocycles. The number of rotatable bonds is 6. The smallest absolute Gasteiger partial charge is 0.345 e. The van der Waals surface area contributed by atoms with Gasteiger partial charge in [-0.1, -0.05) is 0 Å². The van der Waals surface area contributed by atoms with Crippen LogP contribution in [-0.4, -0.2) is 76.4 Å². The van der Waals surface area contributed by atoms with E-state index in [0.717, 1.165) is 24.8 Å². The van der Waals surface area contributed by atoms with Crippen molar-refractivity contribution in [1.29, 1.82) is 0 Å². The third-order valence-electron chi connectivity index (χ3n) is 4.01. The summed E-state index contributed by atoms with van der Waals surface area (Å²) in [6.45, 7) is 0. The normalized spacial score (nSPS) is 9.68. The molecule has 18 heteroatoms. The predicted octanol–water partition coefficient (Wildman–Crippen LogP) is 6.43. The number of ether oxygens (including phenoxy) is 2. The number of aromatic nitrogens is 2. The maximum Gasteiger partial charge on any atom is 0.345 e. The molecule has 0 aromatic carbocycles. The van der Waals surface area contributed by atoms with Crippen LogP contribution in [0, 0.1) is 0 Å². The monoisotopic (exact) mass is 791 g/mol. The molecule has 0 bridgehead atoms. The quantitative estimate of drug-likeness (QED) is 0.131. The van der Waals surface area contributed by atoms with Crippen molar-refractivity contribution in [2.45, 2.75) is 0 Å². The lowest BCUT2D eigenvalue weighted by atomic mass is 10.3. The highest BCUT2D eigenvalue weighted by molar-refractivity contribution is 9.11. The third kappa shape index (κ3) is 11.8. The maximum absolute atomic E-state index is 11.0. The van der Waals surface area contributed by atoms with Crippen LogP contribution in [0.5, 0.6) is 11.8 Å². The molecular formula is C23H18Br2Cl3N3O8S2. The van der Waals surface area contributed by atoms with Crippen LogP contribution in [0.2, 0.25) is 0 Å². The van der Waals surface area contributed by atoms with Gasteiger partial charge in [0.2, 0.25) is 18.2 Å². The molecule has 0 spiro atoms. The minimum absolute atomic E-state index is 0.276. The summed E-state index contributed by atoms with van der Waals surface area (Å²) in [6, 6.07) is 6.86. The Morgan fingerprint density at radius 3 is 1.49 bits per heavy atom. The highest BCUT2D eigenvalue weighted by Gasteiger charge is 2.13. The van der Waals surface area contributed by atoms with Gasteiger partial charge in [-0.25, -0.2) is 14.8 Å². The van der Waals surface area contributed by atoms with Gasteiger partial charge in [-0.2, -0.15) is 0 Å². The first-order chi connectivity index (χ1) is 19.1. The first-order valence-corrected chi connectivity index (χ1v) is 14.7. The van der Waals surface area contributed by atoms with E-state index in [2.05, 4.69) is 65.0 Å². The van der Waals surface area contributed by atoms with Gasteiger partial charge in [-0.3, -0.25) is 19.2 Å². The van der Waals surface area contributed by atoms with E-state index in [0.29, 0.717) is 27.7 Å². The van der Waals surface area contributed by atoms with Gasteiger partial charge in [-0.05, 0) is 90.9 Å². The molecule has 220 valence electrons. The van der Waals surface area contributed by atoms with Gasteiger partial charge in [0.15, 0.2) is 0 Å². The Morgan fingerprint density at radius 2 is 1.20 bits per heavy atom. The Hall–Kier alpha value is -2.40. The van der Waals surface area contributed by atoms with Crippen molar-refractivity contribution in [3.05, 3.63) is 43.0 Å². The number of carboxylic acid groups (broad SMARTS) is 1. The van der Waals surface area contributed by atoms with Gasteiger partial charge in [-0.15, -0.1) is 22.7 Å². The third-order valence-corrected chi connectivity index (χ3v) is 8.03. The predicted molar refractivity (Wildman–Crippen MR) is 166 cm³/mol. The van der Waals surface area contributed by atoms with Crippen molar-refractivity contribution in [1.82, 2.24) is 14.9 Å². The number of carbonyl (C=O) groups excluding carboxylic acids is 4. The van der Waals surface area contributed by atoms with Gasteiger partial charge in [0.25, 0.3) is 5.24 Å². The van der Waals surface area contributed by atoms with Gasteiger partial charge in [0.1, 0.15) is 4.88 Å². The molecule has 0 aliphatic heterocycles. The van der Waals surface area contributed by atoms with Gasteiger partial charge in [0.05, 0.1) is 48.5 Å². The Kier molecular flexibility index (Phi) is 15.7. The second-order valence-corrected chi connectivity index (χ2v) is 12.0. The summed E-state index contributed by atoms with van der Waals surface area (Å²) >= 11 is 23.5. The molecule has 4 heterocycles. The number of hydrogen-bond acceptors (Lipinski definition) is 11. The number of aromatic carboxylic acids is 1. The molecule has 1 N–H and O–H groups in total. The fraction of sp³-hybridized carbons (Fsp3) is 0.174. The molecule has 11 nitrogen and oxygen atoms in total. The first kappa shape index (κ1) is 36.6. The minimum Gasteiger partial charge on any atom is -0.480 e. The van der Waals surface area contributed by atoms with E-state index in [1.54, 1.807) is 33.3 Å². The van der Waals surface area contributed by atoms with Crippen molar-refractivity contribution >= 4 is 138 Å². The number of hydrogen-bond donors (Lipinski definition) is 1. The number of halogens is 5. The average molecular weight is 795 g/mol. The van der Waals surface area contributed by atoms with Crippen LogP contribution >= 0.6 is 89.3 Å². The van der Waals surface area contributed by atoms with Crippen molar-refractivity contribution in [3.63, 3.8) is 0 Å². The molecule has 0 aliphatic carbocycles. The van der Waals surface area contributed by atoms with E-state index in [-0.39, 0.29) is 4.88 Å². The molecule has 0 atom stereocenters. The lowest BCUT2D eigenvalue weighted by Crippen LogP contribution is -2.06. The number of thiophene rings is 2. The number of carbonyl (C=O) groups is 5. The van der Waals surface area contributed by atoms with Gasteiger partial charge < -0.3 is 19.5 Å². The van der Waals surface area contributed by atoms with E-state index in [9.17, 15) is 24.0 Å². The van der Waals surface area contributed by atoms with E-state index < -0.39 is 21.7 Å². The van der Waals surface area contributed by atoms with Crippen molar-refractivity contribution in [3.8, 4) is 11.8 Å². The van der Waals surface area contributed by atoms with E-state index >= 15 is 0 Å². The van der Waals surface area contributed by atoms with Crippen molar-refractivity contribution in [2.24, 2.45) is 0 Å². The molecule has 4 aromatic heterocycles. The molecule has 4 rings (SSSR count). The number of amides is 1. The zero-order chi connectivity index (χ0) is 31.4. The molecule has 0 fully saturated rings. The number of methoxy groups -OCH3 is 2. The Bertz CT molecular complexity index is 1470. The number of fused-ring (bicyclic) bond motifs is 2. The fourth-order valence-corrected chi connectivity index (χ4v) is 5.53. The van der Waals surface area contributed by atoms with Crippen LogP contribution in [0.1, 0.15) is 19.3 Å². The second kappa shape index (κ2) is 17.5. The number of carboxylic acids is 1. The van der Waals surface area contributed by atoms with Crippen LogP contribution in [-0.2, 0) is 14.4 Å². The lowest BCUT2D eigenvalue weighted by molar-refractivity contribution is -0.127. The van der Waals surface area contributed by atoms with Crippen LogP contribution in [0.25, 0.3) is 20.4 Å². The molecule has 0 unspecified atom stereocenters. The Labute approximate surface area is 272 Å². The van der Waals surface area contributed by atoms with E-state index in [1.807, 2.05) is 6.07 Å². The standard InChI is InChI=1S/C9H5BrClNO2S.C9H6BrNO3S.C3H7NO.C2Cl2O2/c1-14-9-4(10)2-6-5(12-9)3-7(15-6)8(11)13;1-14-8-4(10)2-6-5(11-8)3-7(15-6)9(12)13;1-4(2)3-5;3-1(5)2(4)6/h2-3H,1H3;2-3H,1H3,(H,12,13);3H,1-2H3;. The summed E-state index contributed by atoms with van der Waals surface area (Å²) in [6.07, 6.45) is 0.750. The molecular weight excluding hydrogens is 777 g/mol. The van der Waals surface area contributed by atoms with E-state index in [4.69, 9.17) is 26.2 Å². The molecule has 0 aliphatic rings. The molecule has 1 amide bonds. The summed E-state index contributed by atoms with van der Waals surface area (Å²) < 4.78 is 13.3. The Balaban J connectivity index is 0.000000304. The molecule has 4 aromatic rings. The van der Waals surface area contributed by atoms with Crippen LogP contribution < -0.4 is 9.47 Å². The lowest BCUT2D eigenvalue weighted by Gasteiger charge is -2.00. The summed E-state index contributed by atoms with van der Waals surface area (Å²) in [5.74, 6) is 0.0131. The summed E-state index contributed by atoms with van der Waals surface area (Å²) in [4.78, 5) is 60.6. The highest BCUT2D eigenvalue weighted by Crippen LogP contribution is 2.33. The van der Waals surface area contributed by atoms with Crippen molar-refractivity contribution in [2.75, 3.05) is 28.3 Å². The maximum atomic E-state index is 11.0. The molecule has 41 heavy (non-hydrogen) atoms.